The van der Waals surface area contributed by atoms with Crippen molar-refractivity contribution in [1.82, 2.24) is 9.97 Å². The summed E-state index contributed by atoms with van der Waals surface area (Å²) >= 11 is 3.11. The van der Waals surface area contributed by atoms with Crippen LogP contribution in [-0.2, 0) is 0 Å². The molecule has 0 aliphatic carbocycles. The third kappa shape index (κ3) is 1.58. The van der Waals surface area contributed by atoms with E-state index in [-0.39, 0.29) is 5.76 Å². The van der Waals surface area contributed by atoms with Crippen molar-refractivity contribution in [3.8, 4) is 11.6 Å². The number of halogens is 1. The minimum absolute atomic E-state index is 0.172. The number of hydrogen-bond donors (Lipinski definition) is 0. The molecule has 2 heterocycles. The molecule has 2 aromatic heterocycles. The second-order valence-corrected chi connectivity index (χ2v) is 3.26. The van der Waals surface area contributed by atoms with E-state index in [4.69, 9.17) is 4.42 Å². The number of carbonyl (C=O) groups is 1. The molecule has 0 aliphatic heterocycles. The minimum atomic E-state index is 0.172. The van der Waals surface area contributed by atoms with E-state index < -0.39 is 0 Å². The Hall–Kier alpha value is -1.49. The smallest absolute Gasteiger partial charge is 0.246 e. The Morgan fingerprint density at radius 3 is 2.86 bits per heavy atom. The normalized spacial score (nSPS) is 10.1. The maximum absolute atomic E-state index is 10.5. The highest BCUT2D eigenvalue weighted by Crippen LogP contribution is 2.22. The maximum atomic E-state index is 10.5. The largest absolute Gasteiger partial charge is 0.431 e. The first-order chi connectivity index (χ1) is 6.81. The average molecular weight is 253 g/mol. The number of aldehydes is 1. The molecule has 0 saturated heterocycles. The van der Waals surface area contributed by atoms with Crippen molar-refractivity contribution >= 4 is 22.2 Å². The van der Waals surface area contributed by atoms with Gasteiger partial charge in [0.1, 0.15) is 5.69 Å². The summed E-state index contributed by atoms with van der Waals surface area (Å²) in [5.41, 5.74) is 0.598. The van der Waals surface area contributed by atoms with Crippen molar-refractivity contribution in [3.05, 3.63) is 34.8 Å². The summed E-state index contributed by atoms with van der Waals surface area (Å²) in [6.07, 6.45) is 2.23. The van der Waals surface area contributed by atoms with Crippen molar-refractivity contribution in [2.75, 3.05) is 0 Å². The van der Waals surface area contributed by atoms with Crippen LogP contribution in [0.2, 0.25) is 0 Å². The first-order valence-corrected chi connectivity index (χ1v) is 4.63. The Labute approximate surface area is 88.1 Å². The molecule has 2 aromatic rings. The average Bonchev–Trinajstić information content (AvgIpc) is 2.61. The van der Waals surface area contributed by atoms with E-state index in [1.807, 2.05) is 6.07 Å². The van der Waals surface area contributed by atoms with Gasteiger partial charge in [-0.25, -0.2) is 4.98 Å². The molecule has 0 unspecified atom stereocenters. The fourth-order valence-corrected chi connectivity index (χ4v) is 1.32. The van der Waals surface area contributed by atoms with Crippen LogP contribution in [0.15, 0.2) is 33.4 Å². The summed E-state index contributed by atoms with van der Waals surface area (Å²) in [5, 5.41) is 0. The summed E-state index contributed by atoms with van der Waals surface area (Å²) < 4.78 is 5.56. The van der Waals surface area contributed by atoms with Crippen molar-refractivity contribution in [1.29, 1.82) is 0 Å². The van der Waals surface area contributed by atoms with Gasteiger partial charge in [0.05, 0.1) is 0 Å². The number of rotatable bonds is 2. The van der Waals surface area contributed by atoms with Gasteiger partial charge >= 0.3 is 0 Å². The Bertz CT molecular complexity index is 453. The molecule has 14 heavy (non-hydrogen) atoms. The molecule has 0 bridgehead atoms. The lowest BCUT2D eigenvalue weighted by Crippen LogP contribution is -1.80. The van der Waals surface area contributed by atoms with E-state index in [1.165, 1.54) is 0 Å². The van der Waals surface area contributed by atoms with Crippen LogP contribution in [0.3, 0.4) is 0 Å². The van der Waals surface area contributed by atoms with Gasteiger partial charge in [0.2, 0.25) is 11.7 Å². The standard InChI is InChI=1S/C9H5BrN2O2/c10-8-7(5-13)14-9(12-8)6-3-1-2-4-11-6/h1-5H. The molecular weight excluding hydrogens is 248 g/mol. The lowest BCUT2D eigenvalue weighted by molar-refractivity contribution is 0.110. The zero-order valence-corrected chi connectivity index (χ0v) is 8.56. The fraction of sp³-hybridized carbons (Fsp3) is 0. The monoisotopic (exact) mass is 252 g/mol. The van der Waals surface area contributed by atoms with Gasteiger partial charge in [0.15, 0.2) is 10.9 Å². The SMILES string of the molecule is O=Cc1oc(-c2ccccn2)nc1Br. The Morgan fingerprint density at radius 2 is 2.29 bits per heavy atom. The topological polar surface area (TPSA) is 56.0 Å². The third-order valence-corrected chi connectivity index (χ3v) is 2.17. The Balaban J connectivity index is 2.48. The molecule has 2 rings (SSSR count). The predicted octanol–water partition coefficient (Wildman–Crippen LogP) is 2.31. The van der Waals surface area contributed by atoms with E-state index in [0.717, 1.165) is 0 Å². The summed E-state index contributed by atoms with van der Waals surface area (Å²) in [5.74, 6) is 0.505. The first kappa shape index (κ1) is 9.08. The van der Waals surface area contributed by atoms with E-state index in [0.29, 0.717) is 22.5 Å². The van der Waals surface area contributed by atoms with Crippen molar-refractivity contribution < 1.29 is 9.21 Å². The minimum Gasteiger partial charge on any atom is -0.431 e. The van der Waals surface area contributed by atoms with Gasteiger partial charge in [-0.05, 0) is 28.1 Å². The van der Waals surface area contributed by atoms with Crippen molar-refractivity contribution in [3.63, 3.8) is 0 Å². The Morgan fingerprint density at radius 1 is 1.43 bits per heavy atom. The molecule has 5 heteroatoms. The number of carbonyl (C=O) groups excluding carboxylic acids is 1. The molecule has 0 aromatic carbocycles. The van der Waals surface area contributed by atoms with E-state index in [2.05, 4.69) is 25.9 Å². The van der Waals surface area contributed by atoms with Crippen LogP contribution < -0.4 is 0 Å². The van der Waals surface area contributed by atoms with Gasteiger partial charge in [-0.1, -0.05) is 6.07 Å². The highest BCUT2D eigenvalue weighted by Gasteiger charge is 2.11. The molecule has 0 radical (unpaired) electrons. The van der Waals surface area contributed by atoms with Gasteiger partial charge < -0.3 is 4.42 Å². The summed E-state index contributed by atoms with van der Waals surface area (Å²) in [6, 6.07) is 5.37. The van der Waals surface area contributed by atoms with E-state index in [9.17, 15) is 4.79 Å². The van der Waals surface area contributed by atoms with Crippen LogP contribution in [0, 0.1) is 0 Å². The third-order valence-electron chi connectivity index (χ3n) is 1.60. The zero-order valence-electron chi connectivity index (χ0n) is 6.98. The van der Waals surface area contributed by atoms with Gasteiger partial charge in [-0.2, -0.15) is 0 Å². The van der Waals surface area contributed by atoms with E-state index in [1.54, 1.807) is 18.3 Å². The highest BCUT2D eigenvalue weighted by atomic mass is 79.9. The number of oxazole rings is 1. The lowest BCUT2D eigenvalue weighted by Gasteiger charge is -1.90. The van der Waals surface area contributed by atoms with Crippen LogP contribution in [0.4, 0.5) is 0 Å². The Kier molecular flexibility index (Phi) is 2.41. The van der Waals surface area contributed by atoms with Crippen molar-refractivity contribution in [2.45, 2.75) is 0 Å². The molecule has 0 atom stereocenters. The van der Waals surface area contributed by atoms with E-state index >= 15 is 0 Å². The number of pyridine rings is 1. The molecule has 4 nitrogen and oxygen atoms in total. The molecular formula is C9H5BrN2O2. The van der Waals surface area contributed by atoms with Gasteiger partial charge in [-0.3, -0.25) is 9.78 Å². The van der Waals surface area contributed by atoms with Crippen LogP contribution in [0.25, 0.3) is 11.6 Å². The zero-order chi connectivity index (χ0) is 9.97. The molecule has 0 spiro atoms. The molecule has 0 saturated carbocycles. The number of nitrogens with zero attached hydrogens (tertiary/aromatic N) is 2. The number of hydrogen-bond acceptors (Lipinski definition) is 4. The summed E-state index contributed by atoms with van der Waals surface area (Å²) in [4.78, 5) is 18.5. The molecule has 0 aliphatic rings. The predicted molar refractivity (Wildman–Crippen MR) is 52.8 cm³/mol. The summed E-state index contributed by atoms with van der Waals surface area (Å²) in [7, 11) is 0. The second kappa shape index (κ2) is 3.71. The van der Waals surface area contributed by atoms with Crippen LogP contribution >= 0.6 is 15.9 Å². The highest BCUT2D eigenvalue weighted by molar-refractivity contribution is 9.10. The quantitative estimate of drug-likeness (QED) is 0.770. The molecule has 0 N–H and O–H groups in total. The number of aromatic nitrogens is 2. The van der Waals surface area contributed by atoms with Crippen molar-refractivity contribution in [2.24, 2.45) is 0 Å². The van der Waals surface area contributed by atoms with Gasteiger partial charge in [-0.15, -0.1) is 0 Å². The second-order valence-electron chi connectivity index (χ2n) is 2.51. The van der Waals surface area contributed by atoms with Gasteiger partial charge in [0.25, 0.3) is 0 Å². The molecule has 70 valence electrons. The molecule has 0 fully saturated rings. The molecule has 0 amide bonds. The maximum Gasteiger partial charge on any atom is 0.246 e. The van der Waals surface area contributed by atoms with Gasteiger partial charge in [0, 0.05) is 6.20 Å². The summed E-state index contributed by atoms with van der Waals surface area (Å²) in [6.45, 7) is 0. The van der Waals surface area contributed by atoms with Crippen LogP contribution in [0.5, 0.6) is 0 Å². The van der Waals surface area contributed by atoms with Crippen LogP contribution in [0.1, 0.15) is 10.6 Å². The first-order valence-electron chi connectivity index (χ1n) is 3.84. The fourth-order valence-electron chi connectivity index (χ4n) is 0.985. The van der Waals surface area contributed by atoms with Crippen LogP contribution in [-0.4, -0.2) is 16.3 Å². The lowest BCUT2D eigenvalue weighted by atomic mass is 10.3.